The van der Waals surface area contributed by atoms with Crippen molar-refractivity contribution in [3.05, 3.63) is 35.5 Å². The highest BCUT2D eigenvalue weighted by Gasteiger charge is 2.02. The van der Waals surface area contributed by atoms with E-state index in [9.17, 15) is 0 Å². The summed E-state index contributed by atoms with van der Waals surface area (Å²) in [7, 11) is 0. The lowest BCUT2D eigenvalue weighted by atomic mass is 10.2. The molecular formula is C14H18ClN3O. The van der Waals surface area contributed by atoms with E-state index in [1.807, 2.05) is 24.3 Å². The molecule has 0 bridgehead atoms. The van der Waals surface area contributed by atoms with E-state index in [0.29, 0.717) is 11.6 Å². The van der Waals surface area contributed by atoms with Crippen molar-refractivity contribution >= 4 is 28.2 Å². The minimum Gasteiger partial charge on any atom is -0.392 e. The molecule has 0 spiro atoms. The monoisotopic (exact) mass is 279 g/mol. The van der Waals surface area contributed by atoms with Gasteiger partial charge in [-0.3, -0.25) is 4.98 Å². The zero-order valence-electron chi connectivity index (χ0n) is 10.9. The maximum Gasteiger partial charge on any atom is 0.0737 e. The number of benzene rings is 1. The van der Waals surface area contributed by atoms with E-state index in [1.165, 1.54) is 0 Å². The first-order chi connectivity index (χ1) is 9.16. The molecule has 0 unspecified atom stereocenters. The molecule has 0 aliphatic carbocycles. The zero-order valence-corrected chi connectivity index (χ0v) is 11.6. The highest BCUT2D eigenvalue weighted by molar-refractivity contribution is 6.31. The summed E-state index contributed by atoms with van der Waals surface area (Å²) in [6.45, 7) is 3.95. The summed E-state index contributed by atoms with van der Waals surface area (Å²) in [6, 6.07) is 7.64. The maximum absolute atomic E-state index is 9.13. The van der Waals surface area contributed by atoms with Gasteiger partial charge in [0.25, 0.3) is 0 Å². The maximum atomic E-state index is 9.13. The van der Waals surface area contributed by atoms with E-state index >= 15 is 0 Å². The number of halogens is 1. The number of anilines is 1. The molecule has 1 atom stereocenters. The SMILES string of the molecule is C[C@H](O)CNCCNc1ccnc2cc(Cl)ccc12. The van der Waals surface area contributed by atoms with Crippen LogP contribution in [-0.4, -0.2) is 35.8 Å². The van der Waals surface area contributed by atoms with Crippen molar-refractivity contribution in [3.8, 4) is 0 Å². The third-order valence-electron chi connectivity index (χ3n) is 2.76. The number of aliphatic hydroxyl groups is 1. The van der Waals surface area contributed by atoms with Gasteiger partial charge >= 0.3 is 0 Å². The van der Waals surface area contributed by atoms with Crippen molar-refractivity contribution in [2.24, 2.45) is 0 Å². The average molecular weight is 280 g/mol. The number of nitrogens with zero attached hydrogens (tertiary/aromatic N) is 1. The molecule has 2 aromatic rings. The molecule has 2 rings (SSSR count). The fourth-order valence-electron chi connectivity index (χ4n) is 1.87. The molecule has 1 aromatic carbocycles. The molecule has 0 fully saturated rings. The number of nitrogens with one attached hydrogen (secondary N) is 2. The summed E-state index contributed by atoms with van der Waals surface area (Å²) in [6.07, 6.45) is 1.45. The van der Waals surface area contributed by atoms with Crippen molar-refractivity contribution in [2.75, 3.05) is 25.0 Å². The summed E-state index contributed by atoms with van der Waals surface area (Å²) >= 11 is 5.95. The fraction of sp³-hybridized carbons (Fsp3) is 0.357. The Hall–Kier alpha value is -1.36. The Morgan fingerprint density at radius 2 is 2.16 bits per heavy atom. The van der Waals surface area contributed by atoms with Gasteiger partial charge in [-0.05, 0) is 31.2 Å². The van der Waals surface area contributed by atoms with E-state index in [-0.39, 0.29) is 6.10 Å². The number of aliphatic hydroxyl groups excluding tert-OH is 1. The second-order valence-corrected chi connectivity index (χ2v) is 4.94. The predicted octanol–water partition coefficient (Wildman–Crippen LogP) is 2.27. The molecule has 0 saturated carbocycles. The van der Waals surface area contributed by atoms with Crippen LogP contribution in [0.4, 0.5) is 5.69 Å². The second kappa shape index (κ2) is 6.70. The van der Waals surface area contributed by atoms with Gasteiger partial charge in [0.1, 0.15) is 0 Å². The van der Waals surface area contributed by atoms with Gasteiger partial charge in [-0.2, -0.15) is 0 Å². The van der Waals surface area contributed by atoms with Gasteiger partial charge in [-0.1, -0.05) is 11.6 Å². The molecule has 3 N–H and O–H groups in total. The van der Waals surface area contributed by atoms with Crippen LogP contribution in [0.15, 0.2) is 30.5 Å². The van der Waals surface area contributed by atoms with Crippen molar-refractivity contribution in [3.63, 3.8) is 0 Å². The summed E-state index contributed by atoms with van der Waals surface area (Å²) in [5.74, 6) is 0. The van der Waals surface area contributed by atoms with Gasteiger partial charge < -0.3 is 15.7 Å². The number of hydrogen-bond donors (Lipinski definition) is 3. The van der Waals surface area contributed by atoms with Crippen LogP contribution >= 0.6 is 11.6 Å². The van der Waals surface area contributed by atoms with Crippen LogP contribution in [0.1, 0.15) is 6.92 Å². The fourth-order valence-corrected chi connectivity index (χ4v) is 2.04. The lowest BCUT2D eigenvalue weighted by Crippen LogP contribution is -2.28. The summed E-state index contributed by atoms with van der Waals surface area (Å²) in [5, 5.41) is 17.4. The molecule has 102 valence electrons. The van der Waals surface area contributed by atoms with Gasteiger partial charge in [0, 0.05) is 41.9 Å². The molecule has 0 radical (unpaired) electrons. The Morgan fingerprint density at radius 3 is 2.95 bits per heavy atom. The topological polar surface area (TPSA) is 57.2 Å². The Balaban J connectivity index is 1.97. The summed E-state index contributed by atoms with van der Waals surface area (Å²) < 4.78 is 0. The van der Waals surface area contributed by atoms with Gasteiger partial charge in [-0.25, -0.2) is 0 Å². The van der Waals surface area contributed by atoms with Gasteiger partial charge in [0.15, 0.2) is 0 Å². The lowest BCUT2D eigenvalue weighted by molar-refractivity contribution is 0.192. The highest BCUT2D eigenvalue weighted by atomic mass is 35.5. The first-order valence-electron chi connectivity index (χ1n) is 6.34. The van der Waals surface area contributed by atoms with Crippen LogP contribution in [0.25, 0.3) is 10.9 Å². The third-order valence-corrected chi connectivity index (χ3v) is 3.00. The van der Waals surface area contributed by atoms with Crippen LogP contribution in [0.3, 0.4) is 0 Å². The van der Waals surface area contributed by atoms with E-state index in [2.05, 4.69) is 15.6 Å². The molecule has 19 heavy (non-hydrogen) atoms. The highest BCUT2D eigenvalue weighted by Crippen LogP contribution is 2.23. The van der Waals surface area contributed by atoms with Crippen LogP contribution < -0.4 is 10.6 Å². The third kappa shape index (κ3) is 4.06. The average Bonchev–Trinajstić information content (AvgIpc) is 2.37. The molecule has 0 aliphatic rings. The first kappa shape index (κ1) is 14.1. The number of hydrogen-bond acceptors (Lipinski definition) is 4. The van der Waals surface area contributed by atoms with Crippen molar-refractivity contribution in [1.82, 2.24) is 10.3 Å². The summed E-state index contributed by atoms with van der Waals surface area (Å²) in [5.41, 5.74) is 1.93. The predicted molar refractivity (Wildman–Crippen MR) is 79.8 cm³/mol. The Bertz CT molecular complexity index is 545. The Morgan fingerprint density at radius 1 is 1.32 bits per heavy atom. The van der Waals surface area contributed by atoms with E-state index in [1.54, 1.807) is 13.1 Å². The molecule has 5 heteroatoms. The number of pyridine rings is 1. The minimum atomic E-state index is -0.316. The molecule has 0 amide bonds. The molecule has 1 heterocycles. The van der Waals surface area contributed by atoms with Crippen molar-refractivity contribution in [2.45, 2.75) is 13.0 Å². The standard InChI is InChI=1S/C14H18ClN3O/c1-10(19)9-16-6-7-18-13-4-5-17-14-8-11(15)2-3-12(13)14/h2-5,8,10,16,19H,6-7,9H2,1H3,(H,17,18)/t10-/m0/s1. The smallest absolute Gasteiger partial charge is 0.0737 e. The molecule has 0 saturated heterocycles. The van der Waals surface area contributed by atoms with Crippen LogP contribution in [0, 0.1) is 0 Å². The Labute approximate surface area is 117 Å². The molecule has 4 nitrogen and oxygen atoms in total. The Kier molecular flexibility index (Phi) is 4.96. The molecule has 1 aromatic heterocycles. The van der Waals surface area contributed by atoms with E-state index in [4.69, 9.17) is 16.7 Å². The summed E-state index contributed by atoms with van der Waals surface area (Å²) in [4.78, 5) is 4.30. The quantitative estimate of drug-likeness (QED) is 0.710. The minimum absolute atomic E-state index is 0.316. The van der Waals surface area contributed by atoms with Gasteiger partial charge in [-0.15, -0.1) is 0 Å². The number of fused-ring (bicyclic) bond motifs is 1. The van der Waals surface area contributed by atoms with Gasteiger partial charge in [0.05, 0.1) is 11.6 Å². The van der Waals surface area contributed by atoms with Gasteiger partial charge in [0.2, 0.25) is 0 Å². The van der Waals surface area contributed by atoms with Crippen LogP contribution in [-0.2, 0) is 0 Å². The number of aromatic nitrogens is 1. The molecular weight excluding hydrogens is 262 g/mol. The lowest BCUT2D eigenvalue weighted by Gasteiger charge is -2.11. The zero-order chi connectivity index (χ0) is 13.7. The largest absolute Gasteiger partial charge is 0.392 e. The molecule has 0 aliphatic heterocycles. The second-order valence-electron chi connectivity index (χ2n) is 4.50. The van der Waals surface area contributed by atoms with Crippen molar-refractivity contribution in [1.29, 1.82) is 0 Å². The number of rotatable bonds is 6. The van der Waals surface area contributed by atoms with Crippen LogP contribution in [0.5, 0.6) is 0 Å². The van der Waals surface area contributed by atoms with E-state index < -0.39 is 0 Å². The van der Waals surface area contributed by atoms with Crippen molar-refractivity contribution < 1.29 is 5.11 Å². The normalized spacial score (nSPS) is 12.6. The first-order valence-corrected chi connectivity index (χ1v) is 6.71. The van der Waals surface area contributed by atoms with E-state index in [0.717, 1.165) is 29.7 Å². The van der Waals surface area contributed by atoms with Crippen LogP contribution in [0.2, 0.25) is 5.02 Å².